The molecule has 1 aliphatic carbocycles. The third kappa shape index (κ3) is 3.30. The minimum absolute atomic E-state index is 0.187. The van der Waals surface area contributed by atoms with Crippen molar-refractivity contribution < 1.29 is 9.53 Å². The zero-order chi connectivity index (χ0) is 13.1. The van der Waals surface area contributed by atoms with Gasteiger partial charge in [-0.25, -0.2) is 4.68 Å². The van der Waals surface area contributed by atoms with Gasteiger partial charge < -0.3 is 15.4 Å². The molecule has 2 fully saturated rings. The Balaban J connectivity index is 1.37. The number of amides is 1. The number of aromatic nitrogens is 3. The van der Waals surface area contributed by atoms with E-state index in [-0.39, 0.29) is 5.91 Å². The Labute approximate surface area is 111 Å². The van der Waals surface area contributed by atoms with Gasteiger partial charge in [0, 0.05) is 26.2 Å². The predicted molar refractivity (Wildman–Crippen MR) is 67.8 cm³/mol. The van der Waals surface area contributed by atoms with Crippen LogP contribution < -0.4 is 10.6 Å². The van der Waals surface area contributed by atoms with Crippen molar-refractivity contribution >= 4 is 5.91 Å². The van der Waals surface area contributed by atoms with Crippen molar-refractivity contribution in [2.75, 3.05) is 32.8 Å². The third-order valence-electron chi connectivity index (χ3n) is 3.46. The fourth-order valence-corrected chi connectivity index (χ4v) is 1.88. The highest BCUT2D eigenvalue weighted by Gasteiger charge is 2.22. The van der Waals surface area contributed by atoms with E-state index in [1.165, 1.54) is 12.8 Å². The molecule has 1 amide bonds. The van der Waals surface area contributed by atoms with Crippen molar-refractivity contribution in [1.29, 1.82) is 0 Å². The molecule has 2 N–H and O–H groups in total. The average Bonchev–Trinajstić information content (AvgIpc) is 3.04. The number of carbonyl (C=O) groups is 1. The van der Waals surface area contributed by atoms with E-state index in [4.69, 9.17) is 4.74 Å². The van der Waals surface area contributed by atoms with Gasteiger partial charge in [-0.1, -0.05) is 5.21 Å². The summed E-state index contributed by atoms with van der Waals surface area (Å²) in [4.78, 5) is 11.8. The lowest BCUT2D eigenvalue weighted by atomic mass is 10.2. The molecule has 0 radical (unpaired) electrons. The van der Waals surface area contributed by atoms with Gasteiger partial charge in [0.25, 0.3) is 5.91 Å². The molecular weight excluding hydrogens is 246 g/mol. The summed E-state index contributed by atoms with van der Waals surface area (Å²) in [6.45, 7) is 3.67. The maximum absolute atomic E-state index is 11.8. The van der Waals surface area contributed by atoms with Gasteiger partial charge >= 0.3 is 0 Å². The first-order chi connectivity index (χ1) is 9.33. The molecule has 0 unspecified atom stereocenters. The number of rotatable bonds is 7. The molecule has 1 aromatic heterocycles. The van der Waals surface area contributed by atoms with Crippen LogP contribution in [0.15, 0.2) is 6.20 Å². The zero-order valence-electron chi connectivity index (χ0n) is 10.8. The Kier molecular flexibility index (Phi) is 3.74. The molecule has 7 heteroatoms. The first kappa shape index (κ1) is 12.6. The molecule has 0 aromatic carbocycles. The monoisotopic (exact) mass is 265 g/mol. The largest absolute Gasteiger partial charge is 0.379 e. The summed E-state index contributed by atoms with van der Waals surface area (Å²) in [6.07, 6.45) is 4.27. The summed E-state index contributed by atoms with van der Waals surface area (Å²) in [6, 6.07) is 0.330. The van der Waals surface area contributed by atoms with Crippen molar-refractivity contribution in [3.63, 3.8) is 0 Å². The lowest BCUT2D eigenvalue weighted by molar-refractivity contribution is 0.0902. The van der Waals surface area contributed by atoms with Crippen LogP contribution in [0.25, 0.3) is 0 Å². The highest BCUT2D eigenvalue weighted by molar-refractivity contribution is 5.91. The van der Waals surface area contributed by atoms with Crippen LogP contribution in [0.1, 0.15) is 29.4 Å². The van der Waals surface area contributed by atoms with E-state index in [2.05, 4.69) is 20.9 Å². The van der Waals surface area contributed by atoms with Crippen molar-refractivity contribution in [2.45, 2.75) is 18.9 Å². The molecule has 3 rings (SSSR count). The lowest BCUT2D eigenvalue weighted by Gasteiger charge is -2.26. The molecule has 1 saturated heterocycles. The second-order valence-corrected chi connectivity index (χ2v) is 5.17. The minimum Gasteiger partial charge on any atom is -0.379 e. The van der Waals surface area contributed by atoms with Crippen LogP contribution in [0.4, 0.5) is 0 Å². The summed E-state index contributed by atoms with van der Waals surface area (Å²) in [5, 5.41) is 13.8. The lowest BCUT2D eigenvalue weighted by Crippen LogP contribution is -2.43. The zero-order valence-corrected chi connectivity index (χ0v) is 10.8. The van der Waals surface area contributed by atoms with Crippen LogP contribution in [0.5, 0.6) is 0 Å². The molecular formula is C12H19N5O2. The highest BCUT2D eigenvalue weighted by atomic mass is 16.5. The van der Waals surface area contributed by atoms with Crippen LogP contribution in [-0.4, -0.2) is 53.7 Å². The molecule has 19 heavy (non-hydrogen) atoms. The third-order valence-corrected chi connectivity index (χ3v) is 3.46. The number of hydrogen-bond donors (Lipinski definition) is 2. The number of nitrogens with one attached hydrogen (secondary N) is 2. The second-order valence-electron chi connectivity index (χ2n) is 5.17. The quantitative estimate of drug-likeness (QED) is 0.654. The molecule has 2 heterocycles. The van der Waals surface area contributed by atoms with Gasteiger partial charge in [-0.3, -0.25) is 4.79 Å². The molecule has 7 nitrogen and oxygen atoms in total. The van der Waals surface area contributed by atoms with E-state index >= 15 is 0 Å². The SMILES string of the molecule is O=C(NCCOCC1CC1)c1cn(C2CNC2)nn1. The summed E-state index contributed by atoms with van der Waals surface area (Å²) < 4.78 is 7.19. The minimum atomic E-state index is -0.187. The molecule has 1 aromatic rings. The summed E-state index contributed by atoms with van der Waals surface area (Å²) >= 11 is 0. The van der Waals surface area contributed by atoms with E-state index in [0.29, 0.717) is 24.9 Å². The van der Waals surface area contributed by atoms with Gasteiger partial charge in [-0.05, 0) is 18.8 Å². The van der Waals surface area contributed by atoms with Gasteiger partial charge in [0.1, 0.15) is 0 Å². The summed E-state index contributed by atoms with van der Waals surface area (Å²) in [7, 11) is 0. The number of carbonyl (C=O) groups excluding carboxylic acids is 1. The molecule has 104 valence electrons. The Morgan fingerprint density at radius 2 is 2.37 bits per heavy atom. The first-order valence-corrected chi connectivity index (χ1v) is 6.81. The summed E-state index contributed by atoms with van der Waals surface area (Å²) in [5.41, 5.74) is 0.370. The fraction of sp³-hybridized carbons (Fsp3) is 0.750. The fourth-order valence-electron chi connectivity index (χ4n) is 1.88. The summed E-state index contributed by atoms with van der Waals surface area (Å²) in [5.74, 6) is 0.570. The topological polar surface area (TPSA) is 81.1 Å². The smallest absolute Gasteiger partial charge is 0.273 e. The van der Waals surface area contributed by atoms with Crippen LogP contribution in [-0.2, 0) is 4.74 Å². The molecule has 2 aliphatic rings. The molecule has 0 bridgehead atoms. The van der Waals surface area contributed by atoms with E-state index in [1.54, 1.807) is 10.9 Å². The van der Waals surface area contributed by atoms with E-state index < -0.39 is 0 Å². The van der Waals surface area contributed by atoms with E-state index in [0.717, 1.165) is 25.6 Å². The van der Waals surface area contributed by atoms with E-state index in [9.17, 15) is 4.79 Å². The van der Waals surface area contributed by atoms with Crippen LogP contribution in [0.2, 0.25) is 0 Å². The maximum Gasteiger partial charge on any atom is 0.273 e. The van der Waals surface area contributed by atoms with Crippen LogP contribution in [0, 0.1) is 5.92 Å². The molecule has 0 spiro atoms. The Morgan fingerprint density at radius 3 is 3.05 bits per heavy atom. The van der Waals surface area contributed by atoms with Crippen molar-refractivity contribution in [1.82, 2.24) is 25.6 Å². The Bertz CT molecular complexity index is 439. The van der Waals surface area contributed by atoms with Crippen molar-refractivity contribution in [2.24, 2.45) is 5.92 Å². The van der Waals surface area contributed by atoms with Crippen LogP contribution in [0.3, 0.4) is 0 Å². The van der Waals surface area contributed by atoms with Gasteiger partial charge in [-0.2, -0.15) is 0 Å². The number of nitrogens with zero attached hydrogens (tertiary/aromatic N) is 3. The number of ether oxygens (including phenoxy) is 1. The maximum atomic E-state index is 11.8. The van der Waals surface area contributed by atoms with Crippen LogP contribution >= 0.6 is 0 Å². The molecule has 1 saturated carbocycles. The van der Waals surface area contributed by atoms with Gasteiger partial charge in [-0.15, -0.1) is 5.10 Å². The second kappa shape index (κ2) is 5.66. The van der Waals surface area contributed by atoms with Crippen molar-refractivity contribution in [3.05, 3.63) is 11.9 Å². The van der Waals surface area contributed by atoms with E-state index in [1.807, 2.05) is 0 Å². The standard InChI is InChI=1S/C12H19N5O2/c18-12(14-3-4-19-8-9-1-2-9)11-7-17(16-15-11)10-5-13-6-10/h7,9-10,13H,1-6,8H2,(H,14,18). The van der Waals surface area contributed by atoms with Crippen molar-refractivity contribution in [3.8, 4) is 0 Å². The normalized spacial score (nSPS) is 19.2. The van der Waals surface area contributed by atoms with Gasteiger partial charge in [0.05, 0.1) is 18.8 Å². The van der Waals surface area contributed by atoms with Gasteiger partial charge in [0.15, 0.2) is 5.69 Å². The number of hydrogen-bond acceptors (Lipinski definition) is 5. The Morgan fingerprint density at radius 1 is 1.53 bits per heavy atom. The predicted octanol–water partition coefficient (Wildman–Crippen LogP) is -0.421. The Hall–Kier alpha value is -1.47. The first-order valence-electron chi connectivity index (χ1n) is 6.81. The molecule has 0 atom stereocenters. The molecule has 1 aliphatic heterocycles. The van der Waals surface area contributed by atoms with Gasteiger partial charge in [0.2, 0.25) is 0 Å². The highest BCUT2D eigenvalue weighted by Crippen LogP contribution is 2.28. The average molecular weight is 265 g/mol.